The van der Waals surface area contributed by atoms with Crippen molar-refractivity contribution in [3.05, 3.63) is 35.4 Å². The molecule has 0 bridgehead atoms. The molecule has 0 aromatic heterocycles. The second kappa shape index (κ2) is 21.6. The van der Waals surface area contributed by atoms with Gasteiger partial charge in [0.2, 0.25) is 23.6 Å². The van der Waals surface area contributed by atoms with Gasteiger partial charge >= 0.3 is 0 Å². The summed E-state index contributed by atoms with van der Waals surface area (Å²) in [5.74, 6) is -3.51. The lowest BCUT2D eigenvalue weighted by Gasteiger charge is -2.41. The minimum atomic E-state index is -0.798. The number of benzene rings is 1. The number of hydrogen-bond donors (Lipinski definition) is 3. The molecule has 14 heteroatoms. The third-order valence-corrected chi connectivity index (χ3v) is 10.8. The molecular weight excluding hydrogens is 688 g/mol. The van der Waals surface area contributed by atoms with E-state index >= 15 is 0 Å². The van der Waals surface area contributed by atoms with Gasteiger partial charge in [0.15, 0.2) is 0 Å². The minimum absolute atomic E-state index is 0.0103. The second-order valence-electron chi connectivity index (χ2n) is 15.0. The van der Waals surface area contributed by atoms with Crippen molar-refractivity contribution in [1.29, 1.82) is 0 Å². The molecule has 4 amide bonds. The average molecular weight is 754 g/mol. The lowest BCUT2D eigenvalue weighted by Crippen LogP contribution is -2.59. The van der Waals surface area contributed by atoms with Crippen LogP contribution >= 0.6 is 0 Å². The fourth-order valence-corrected chi connectivity index (χ4v) is 7.44. The molecule has 12 nitrogen and oxygen atoms in total. The van der Waals surface area contributed by atoms with Crippen molar-refractivity contribution in [3.63, 3.8) is 0 Å². The summed E-state index contributed by atoms with van der Waals surface area (Å²) < 4.78 is 45.8. The van der Waals surface area contributed by atoms with E-state index < -0.39 is 53.9 Å². The number of carbonyl (C=O) groups excluding carboxylic acids is 4. The van der Waals surface area contributed by atoms with Crippen molar-refractivity contribution in [3.8, 4) is 0 Å². The van der Waals surface area contributed by atoms with Gasteiger partial charge < -0.3 is 40.0 Å². The van der Waals surface area contributed by atoms with Crippen LogP contribution in [0.2, 0.25) is 0 Å². The number of nitrogens with zero attached hydrogens (tertiary/aromatic N) is 2. The number of likely N-dealkylation sites (N-methyl/N-ethyl adjacent to an activating group) is 2. The molecule has 302 valence electrons. The summed E-state index contributed by atoms with van der Waals surface area (Å²) in [7, 11) is 7.97. The van der Waals surface area contributed by atoms with E-state index in [4.69, 9.17) is 14.2 Å². The highest BCUT2D eigenvalue weighted by Gasteiger charge is 2.45. The van der Waals surface area contributed by atoms with Gasteiger partial charge in [-0.2, -0.15) is 0 Å². The molecule has 1 aliphatic heterocycles. The van der Waals surface area contributed by atoms with Crippen LogP contribution in [0.25, 0.3) is 0 Å². The van der Waals surface area contributed by atoms with Crippen LogP contribution in [0, 0.1) is 35.3 Å². The Morgan fingerprint density at radius 2 is 1.55 bits per heavy atom. The number of ether oxygens (including phenoxy) is 3. The molecule has 9 atom stereocenters. The highest BCUT2D eigenvalue weighted by Crippen LogP contribution is 2.31. The Morgan fingerprint density at radius 3 is 2.04 bits per heavy atom. The smallest absolute Gasteiger partial charge is 0.245 e. The number of halogens is 2. The Balaban J connectivity index is 2.29. The van der Waals surface area contributed by atoms with Gasteiger partial charge in [0.05, 0.1) is 48.8 Å². The van der Waals surface area contributed by atoms with E-state index in [-0.39, 0.29) is 79.0 Å². The second-order valence-corrected chi connectivity index (χ2v) is 15.0. The standard InChI is InChI=1S/C39H65F2N5O7/c1-13-24(6)35(45(9)39(50)34(23(4)5)44-38(49)33(42-8)22(2)3)31(52-11)20-32(47)46-21-26(51-10)19-30(46)36(53-12)25(7)37(48)43-18-17-27-28(40)15-14-16-29(27)41/h14-16,22-26,30-31,33-36,42H,13,17-21H2,1-12H3,(H,43,48)(H,44,49)/t24-,25+,26+,30+,31+,33-,34?,35-,36+/m0/s1. The summed E-state index contributed by atoms with van der Waals surface area (Å²) in [5.41, 5.74) is -0.104. The molecule has 1 saturated heterocycles. The Bertz CT molecular complexity index is 1330. The van der Waals surface area contributed by atoms with E-state index in [9.17, 15) is 28.0 Å². The first-order chi connectivity index (χ1) is 25.0. The first-order valence-electron chi connectivity index (χ1n) is 18.8. The van der Waals surface area contributed by atoms with Crippen LogP contribution in [0.4, 0.5) is 8.78 Å². The monoisotopic (exact) mass is 753 g/mol. The van der Waals surface area contributed by atoms with E-state index in [2.05, 4.69) is 16.0 Å². The summed E-state index contributed by atoms with van der Waals surface area (Å²) >= 11 is 0. The molecule has 1 heterocycles. The number of hydrogen-bond acceptors (Lipinski definition) is 8. The van der Waals surface area contributed by atoms with Gasteiger partial charge in [-0.25, -0.2) is 8.78 Å². The SMILES string of the molecule is CC[C@H](C)[C@@H]([C@@H](CC(=O)N1C[C@H](OC)C[C@@H]1[C@H](OC)[C@@H](C)C(=O)NCCc1c(F)cccc1F)OC)N(C)C(=O)C(NC(=O)[C@@H](NC)C(C)C)C(C)C. The molecule has 1 aliphatic rings. The third kappa shape index (κ3) is 11.9. The zero-order valence-electron chi connectivity index (χ0n) is 33.8. The van der Waals surface area contributed by atoms with Gasteiger partial charge in [-0.3, -0.25) is 19.2 Å². The van der Waals surface area contributed by atoms with Crippen LogP contribution < -0.4 is 16.0 Å². The molecule has 1 aromatic rings. The number of rotatable bonds is 21. The highest BCUT2D eigenvalue weighted by atomic mass is 19.1. The van der Waals surface area contributed by atoms with Crippen LogP contribution in [0.15, 0.2) is 18.2 Å². The van der Waals surface area contributed by atoms with Gasteiger partial charge in [-0.1, -0.05) is 61.0 Å². The van der Waals surface area contributed by atoms with Crippen LogP contribution in [-0.2, 0) is 39.8 Å². The molecule has 0 saturated carbocycles. The van der Waals surface area contributed by atoms with Crippen molar-refractivity contribution in [2.45, 2.75) is 117 Å². The maximum absolute atomic E-state index is 14.3. The molecule has 1 aromatic carbocycles. The number of carbonyl (C=O) groups is 4. The van der Waals surface area contributed by atoms with Gasteiger partial charge in [-0.15, -0.1) is 0 Å². The largest absolute Gasteiger partial charge is 0.380 e. The van der Waals surface area contributed by atoms with Crippen molar-refractivity contribution >= 4 is 23.6 Å². The first-order valence-corrected chi connectivity index (χ1v) is 18.8. The fourth-order valence-electron chi connectivity index (χ4n) is 7.44. The van der Waals surface area contributed by atoms with E-state index in [0.717, 1.165) is 0 Å². The molecule has 3 N–H and O–H groups in total. The Hall–Kier alpha value is -3.20. The Labute approximate surface area is 315 Å². The average Bonchev–Trinajstić information content (AvgIpc) is 3.55. The highest BCUT2D eigenvalue weighted by molar-refractivity contribution is 5.90. The van der Waals surface area contributed by atoms with Gasteiger partial charge in [-0.05, 0) is 49.8 Å². The molecule has 2 rings (SSSR count). The lowest BCUT2D eigenvalue weighted by atomic mass is 9.89. The van der Waals surface area contributed by atoms with Crippen molar-refractivity contribution in [1.82, 2.24) is 25.8 Å². The number of nitrogens with one attached hydrogen (secondary N) is 3. The quantitative estimate of drug-likeness (QED) is 0.174. The Kier molecular flexibility index (Phi) is 18.8. The lowest BCUT2D eigenvalue weighted by molar-refractivity contribution is -0.147. The van der Waals surface area contributed by atoms with Crippen molar-refractivity contribution < 1.29 is 42.2 Å². The Morgan fingerprint density at radius 1 is 0.943 bits per heavy atom. The van der Waals surface area contributed by atoms with Gasteiger partial charge in [0, 0.05) is 47.0 Å². The van der Waals surface area contributed by atoms with Crippen LogP contribution in [0.1, 0.15) is 73.3 Å². The maximum Gasteiger partial charge on any atom is 0.245 e. The van der Waals surface area contributed by atoms with Crippen molar-refractivity contribution in [2.24, 2.45) is 23.7 Å². The normalized spacial score (nSPS) is 20.0. The number of amides is 4. The molecule has 53 heavy (non-hydrogen) atoms. The summed E-state index contributed by atoms with van der Waals surface area (Å²) in [6.07, 6.45) is -0.692. The zero-order valence-corrected chi connectivity index (χ0v) is 33.8. The predicted octanol–water partition coefficient (Wildman–Crippen LogP) is 3.55. The van der Waals surface area contributed by atoms with Crippen LogP contribution in [0.5, 0.6) is 0 Å². The summed E-state index contributed by atoms with van der Waals surface area (Å²) in [5, 5.41) is 8.75. The minimum Gasteiger partial charge on any atom is -0.380 e. The zero-order chi connectivity index (χ0) is 40.2. The van der Waals surface area contributed by atoms with E-state index in [1.165, 1.54) is 32.4 Å². The maximum atomic E-state index is 14.3. The van der Waals surface area contributed by atoms with E-state index in [0.29, 0.717) is 12.8 Å². The van der Waals surface area contributed by atoms with Crippen LogP contribution in [0.3, 0.4) is 0 Å². The topological polar surface area (TPSA) is 139 Å². The molecular formula is C39H65F2N5O7. The molecule has 0 radical (unpaired) electrons. The molecule has 1 fully saturated rings. The van der Waals surface area contributed by atoms with E-state index in [1.807, 2.05) is 41.5 Å². The summed E-state index contributed by atoms with van der Waals surface area (Å²) in [4.78, 5) is 58.2. The molecule has 0 spiro atoms. The van der Waals surface area contributed by atoms with Crippen molar-refractivity contribution in [2.75, 3.05) is 48.5 Å². The molecule has 0 aliphatic carbocycles. The predicted molar refractivity (Wildman–Crippen MR) is 200 cm³/mol. The van der Waals surface area contributed by atoms with Crippen LogP contribution in [-0.4, -0.2) is 124 Å². The molecule has 1 unspecified atom stereocenters. The number of methoxy groups -OCH3 is 3. The third-order valence-electron chi connectivity index (χ3n) is 10.8. The summed E-state index contributed by atoms with van der Waals surface area (Å²) in [6.45, 7) is 13.6. The summed E-state index contributed by atoms with van der Waals surface area (Å²) in [6, 6.07) is 1.33. The fraction of sp³-hybridized carbons (Fsp3) is 0.744. The van der Waals surface area contributed by atoms with Gasteiger partial charge in [0.25, 0.3) is 0 Å². The number of likely N-dealkylation sites (tertiary alicyclic amines) is 1. The van der Waals surface area contributed by atoms with Gasteiger partial charge in [0.1, 0.15) is 17.7 Å². The van der Waals surface area contributed by atoms with E-state index in [1.54, 1.807) is 37.9 Å². The first kappa shape index (κ1) is 46.0.